The minimum atomic E-state index is -0.00226. The molecule has 0 saturated carbocycles. The molecule has 1 heterocycles. The first-order valence-corrected chi connectivity index (χ1v) is 5.30. The normalized spacial score (nSPS) is 10.2. The van der Waals surface area contributed by atoms with Crippen molar-refractivity contribution in [3.8, 4) is 22.8 Å². The molecule has 0 bridgehead atoms. The van der Waals surface area contributed by atoms with Crippen LogP contribution in [0.3, 0.4) is 0 Å². The van der Waals surface area contributed by atoms with E-state index in [1.807, 2.05) is 6.92 Å². The number of hydrogen-bond donors (Lipinski definition) is 3. The Bertz CT molecular complexity index is 491. The highest BCUT2D eigenvalue weighted by atomic mass is 16.3. The zero-order chi connectivity index (χ0) is 12.3. The van der Waals surface area contributed by atoms with Crippen LogP contribution in [0.15, 0.2) is 30.3 Å². The van der Waals surface area contributed by atoms with Crippen molar-refractivity contribution in [1.82, 2.24) is 10.2 Å². The molecule has 0 amide bonds. The van der Waals surface area contributed by atoms with Gasteiger partial charge in [0.1, 0.15) is 17.3 Å². The molecule has 0 fully saturated rings. The van der Waals surface area contributed by atoms with Gasteiger partial charge in [-0.3, -0.25) is 0 Å². The van der Waals surface area contributed by atoms with Gasteiger partial charge >= 0.3 is 0 Å². The molecule has 5 heteroatoms. The predicted molar refractivity (Wildman–Crippen MR) is 65.0 cm³/mol. The van der Waals surface area contributed by atoms with Crippen LogP contribution in [0.2, 0.25) is 0 Å². The molecule has 88 valence electrons. The van der Waals surface area contributed by atoms with E-state index in [9.17, 15) is 10.2 Å². The number of aromatic nitrogens is 2. The minimum Gasteiger partial charge on any atom is -0.508 e. The Balaban J connectivity index is 2.32. The van der Waals surface area contributed by atoms with Crippen LogP contribution in [0.5, 0.6) is 11.5 Å². The highest BCUT2D eigenvalue weighted by molar-refractivity contribution is 5.63. The summed E-state index contributed by atoms with van der Waals surface area (Å²) in [4.78, 5) is 0. The maximum atomic E-state index is 9.37. The van der Waals surface area contributed by atoms with Gasteiger partial charge in [-0.05, 0) is 31.2 Å². The predicted octanol–water partition coefficient (Wildman–Crippen LogP) is 1.99. The Hall–Kier alpha value is -2.30. The minimum absolute atomic E-state index is 0.00226. The zero-order valence-electron chi connectivity index (χ0n) is 9.38. The molecule has 2 aromatic rings. The summed E-state index contributed by atoms with van der Waals surface area (Å²) in [7, 11) is 0. The lowest BCUT2D eigenvalue weighted by molar-refractivity contribution is 0.451. The topological polar surface area (TPSA) is 78.3 Å². The number of benzene rings is 1. The number of hydrogen-bond acceptors (Lipinski definition) is 5. The van der Waals surface area contributed by atoms with Gasteiger partial charge in [0, 0.05) is 18.2 Å². The first-order valence-electron chi connectivity index (χ1n) is 5.30. The molecule has 1 aromatic carbocycles. The van der Waals surface area contributed by atoms with Crippen molar-refractivity contribution in [3.63, 3.8) is 0 Å². The van der Waals surface area contributed by atoms with Gasteiger partial charge in [0.25, 0.3) is 0 Å². The van der Waals surface area contributed by atoms with E-state index in [0.29, 0.717) is 17.1 Å². The number of rotatable bonds is 3. The number of phenolic OH excluding ortho intramolecular Hbond substituents is 2. The first-order chi connectivity index (χ1) is 8.19. The molecule has 0 saturated heterocycles. The van der Waals surface area contributed by atoms with Gasteiger partial charge in [0.2, 0.25) is 0 Å². The lowest BCUT2D eigenvalue weighted by Gasteiger charge is -2.04. The molecule has 0 unspecified atom stereocenters. The third-order valence-electron chi connectivity index (χ3n) is 2.22. The zero-order valence-corrected chi connectivity index (χ0v) is 9.38. The van der Waals surface area contributed by atoms with Gasteiger partial charge in [-0.2, -0.15) is 0 Å². The van der Waals surface area contributed by atoms with Crippen molar-refractivity contribution in [3.05, 3.63) is 30.3 Å². The summed E-state index contributed by atoms with van der Waals surface area (Å²) >= 11 is 0. The molecule has 0 aliphatic rings. The fourth-order valence-electron chi connectivity index (χ4n) is 1.50. The third kappa shape index (κ3) is 2.63. The molecular weight excluding hydrogens is 218 g/mol. The van der Waals surface area contributed by atoms with E-state index >= 15 is 0 Å². The van der Waals surface area contributed by atoms with E-state index in [0.717, 1.165) is 6.54 Å². The van der Waals surface area contributed by atoms with Crippen LogP contribution in [0.25, 0.3) is 11.3 Å². The van der Waals surface area contributed by atoms with Crippen LogP contribution in [0, 0.1) is 0 Å². The van der Waals surface area contributed by atoms with Crippen molar-refractivity contribution >= 4 is 5.82 Å². The maximum absolute atomic E-state index is 9.37. The van der Waals surface area contributed by atoms with Crippen LogP contribution < -0.4 is 5.32 Å². The highest BCUT2D eigenvalue weighted by Crippen LogP contribution is 2.27. The second kappa shape index (κ2) is 4.69. The lowest BCUT2D eigenvalue weighted by atomic mass is 10.1. The first kappa shape index (κ1) is 11.2. The lowest BCUT2D eigenvalue weighted by Crippen LogP contribution is -2.00. The summed E-state index contributed by atoms with van der Waals surface area (Å²) in [5.41, 5.74) is 1.22. The molecule has 5 nitrogen and oxygen atoms in total. The van der Waals surface area contributed by atoms with E-state index in [2.05, 4.69) is 15.5 Å². The smallest absolute Gasteiger partial charge is 0.148 e. The van der Waals surface area contributed by atoms with Crippen LogP contribution in [0.4, 0.5) is 5.82 Å². The summed E-state index contributed by atoms with van der Waals surface area (Å²) in [6.45, 7) is 2.75. The molecule has 0 aliphatic carbocycles. The summed E-state index contributed by atoms with van der Waals surface area (Å²) in [5, 5.41) is 29.8. The number of phenols is 2. The Kier molecular flexibility index (Phi) is 3.09. The third-order valence-corrected chi connectivity index (χ3v) is 2.22. The van der Waals surface area contributed by atoms with Crippen molar-refractivity contribution in [1.29, 1.82) is 0 Å². The van der Waals surface area contributed by atoms with Gasteiger partial charge in [-0.25, -0.2) is 0 Å². The standard InChI is InChI=1S/C12H13N3O2/c1-2-13-12-4-3-11(14-15-12)8-5-9(16)7-10(17)6-8/h3-7,16-17H,2H2,1H3,(H,13,15). The molecule has 17 heavy (non-hydrogen) atoms. The van der Waals surface area contributed by atoms with E-state index in [1.165, 1.54) is 18.2 Å². The Morgan fingerprint density at radius 1 is 1.06 bits per heavy atom. The van der Waals surface area contributed by atoms with E-state index in [1.54, 1.807) is 12.1 Å². The van der Waals surface area contributed by atoms with Gasteiger partial charge < -0.3 is 15.5 Å². The summed E-state index contributed by atoms with van der Waals surface area (Å²) in [5.74, 6) is 0.691. The average molecular weight is 231 g/mol. The number of anilines is 1. The second-order valence-corrected chi connectivity index (χ2v) is 3.57. The van der Waals surface area contributed by atoms with E-state index < -0.39 is 0 Å². The van der Waals surface area contributed by atoms with E-state index in [4.69, 9.17) is 0 Å². The maximum Gasteiger partial charge on any atom is 0.148 e. The van der Waals surface area contributed by atoms with Gasteiger partial charge in [0.05, 0.1) is 5.69 Å². The van der Waals surface area contributed by atoms with Gasteiger partial charge in [0.15, 0.2) is 0 Å². The van der Waals surface area contributed by atoms with Crippen molar-refractivity contribution in [2.75, 3.05) is 11.9 Å². The number of nitrogens with zero attached hydrogens (tertiary/aromatic N) is 2. The number of nitrogens with one attached hydrogen (secondary N) is 1. The van der Waals surface area contributed by atoms with Crippen LogP contribution in [0.1, 0.15) is 6.92 Å². The molecule has 0 aliphatic heterocycles. The highest BCUT2D eigenvalue weighted by Gasteiger charge is 2.04. The second-order valence-electron chi connectivity index (χ2n) is 3.57. The molecule has 1 aromatic heterocycles. The molecule has 0 spiro atoms. The Morgan fingerprint density at radius 2 is 1.76 bits per heavy atom. The molecule has 0 radical (unpaired) electrons. The summed E-state index contributed by atoms with van der Waals surface area (Å²) < 4.78 is 0. The van der Waals surface area contributed by atoms with Crippen molar-refractivity contribution < 1.29 is 10.2 Å². The summed E-state index contributed by atoms with van der Waals surface area (Å²) in [6.07, 6.45) is 0. The van der Waals surface area contributed by atoms with Crippen LogP contribution >= 0.6 is 0 Å². The Labute approximate surface area is 98.8 Å². The quantitative estimate of drug-likeness (QED) is 0.752. The summed E-state index contributed by atoms with van der Waals surface area (Å²) in [6, 6.07) is 7.89. The molecule has 2 rings (SSSR count). The average Bonchev–Trinajstić information content (AvgIpc) is 2.29. The Morgan fingerprint density at radius 3 is 2.29 bits per heavy atom. The SMILES string of the molecule is CCNc1ccc(-c2cc(O)cc(O)c2)nn1. The van der Waals surface area contributed by atoms with Crippen LogP contribution in [-0.4, -0.2) is 27.0 Å². The molecule has 3 N–H and O–H groups in total. The van der Waals surface area contributed by atoms with Gasteiger partial charge in [-0.15, -0.1) is 10.2 Å². The van der Waals surface area contributed by atoms with Crippen LogP contribution in [-0.2, 0) is 0 Å². The molecule has 0 atom stereocenters. The van der Waals surface area contributed by atoms with Crippen molar-refractivity contribution in [2.24, 2.45) is 0 Å². The monoisotopic (exact) mass is 231 g/mol. The fraction of sp³-hybridized carbons (Fsp3) is 0.167. The van der Waals surface area contributed by atoms with Crippen molar-refractivity contribution in [2.45, 2.75) is 6.92 Å². The van der Waals surface area contributed by atoms with Gasteiger partial charge in [-0.1, -0.05) is 0 Å². The molecular formula is C12H13N3O2. The number of aromatic hydroxyl groups is 2. The van der Waals surface area contributed by atoms with E-state index in [-0.39, 0.29) is 11.5 Å². The largest absolute Gasteiger partial charge is 0.508 e. The fourth-order valence-corrected chi connectivity index (χ4v) is 1.50.